The zero-order chi connectivity index (χ0) is 29.5. The fourth-order valence-corrected chi connectivity index (χ4v) is 20.3. The van der Waals surface area contributed by atoms with E-state index in [9.17, 15) is 8.42 Å². The molecule has 11 rings (SSSR count). The summed E-state index contributed by atoms with van der Waals surface area (Å²) in [5.41, 5.74) is 1.47. The first-order chi connectivity index (χ1) is 20.5. The fourth-order valence-electron chi connectivity index (χ4n) is 12.2. The van der Waals surface area contributed by atoms with Crippen molar-refractivity contribution < 1.29 is 16.8 Å². The third-order valence-corrected chi connectivity index (χ3v) is 20.2. The van der Waals surface area contributed by atoms with Crippen LogP contribution in [0, 0.1) is 61.2 Å². The lowest BCUT2D eigenvalue weighted by Gasteiger charge is -2.82. The summed E-state index contributed by atoms with van der Waals surface area (Å²) in [4.78, 5) is 0.452. The highest BCUT2D eigenvalue weighted by Crippen LogP contribution is 2.78. The Bertz CT molecular complexity index is 1690. The van der Waals surface area contributed by atoms with Crippen LogP contribution in [0.5, 0.6) is 0 Å². The Labute approximate surface area is 259 Å². The van der Waals surface area contributed by atoms with Gasteiger partial charge in [-0.15, -0.1) is 7.48 Å². The summed E-state index contributed by atoms with van der Waals surface area (Å²) in [5.74, 6) is 4.05. The molecule has 1 aliphatic heterocycles. The molecule has 1 saturated heterocycles. The smallest absolute Gasteiger partial charge is 0.206 e. The SMILES string of the molecule is Cc1ccc(S(=O)(=O)/N=S2/N(S(=O)(=O)c3ccc(C)cc3)C3(C4CC5CC(C4)CC3C5)C23C2CC4CC(C2)CC3C4)cc1. The number of nitrogens with zero attached hydrogens (tertiary/aromatic N) is 2. The van der Waals surface area contributed by atoms with E-state index in [1.807, 2.05) is 38.1 Å². The predicted octanol–water partition coefficient (Wildman–Crippen LogP) is 6.80. The van der Waals surface area contributed by atoms with Crippen molar-refractivity contribution in [2.24, 2.45) is 51.1 Å². The van der Waals surface area contributed by atoms with Gasteiger partial charge >= 0.3 is 0 Å². The standard InChI is InChI=1S/C34H42N2O4S3/c1-21-3-7-31(8-4-21)42(37,38)35-41-34(29-17-25-12-26(19-29)20-30(34)18-25)33(27-13-23-11-24(15-27)16-28(33)14-23)36(41)43(39,40)32-9-5-22(2)6-10-32/h3-10,23-30H,11-20H2,1-2H3. The number of hydrogen-bond donors (Lipinski definition) is 0. The Kier molecular flexibility index (Phi) is 5.83. The summed E-state index contributed by atoms with van der Waals surface area (Å²) >= 11 is 0. The van der Waals surface area contributed by atoms with E-state index in [4.69, 9.17) is 3.77 Å². The van der Waals surface area contributed by atoms with Crippen LogP contribution in [0.1, 0.15) is 75.3 Å². The Balaban J connectivity index is 1.31. The van der Waals surface area contributed by atoms with Crippen LogP contribution in [0.2, 0.25) is 0 Å². The molecule has 0 radical (unpaired) electrons. The van der Waals surface area contributed by atoms with Crippen LogP contribution in [0.15, 0.2) is 62.1 Å². The molecule has 1 heterocycles. The van der Waals surface area contributed by atoms with E-state index < -0.39 is 36.5 Å². The molecule has 230 valence electrons. The van der Waals surface area contributed by atoms with Gasteiger partial charge in [0.25, 0.3) is 20.0 Å². The van der Waals surface area contributed by atoms with Gasteiger partial charge in [-0.2, -0.15) is 8.42 Å². The molecule has 1 atom stereocenters. The second-order valence-electron chi connectivity index (χ2n) is 15.4. The monoisotopic (exact) mass is 638 g/mol. The molecule has 8 bridgehead atoms. The van der Waals surface area contributed by atoms with Crippen LogP contribution in [-0.4, -0.2) is 30.8 Å². The highest BCUT2D eigenvalue weighted by atomic mass is 32.3. The van der Waals surface area contributed by atoms with Crippen LogP contribution < -0.4 is 0 Å². The number of aryl methyl sites for hydroxylation is 2. The molecule has 9 heteroatoms. The first-order valence-electron chi connectivity index (χ1n) is 16.4. The van der Waals surface area contributed by atoms with E-state index in [1.165, 1.54) is 12.8 Å². The second kappa shape index (κ2) is 9.04. The molecule has 6 nitrogen and oxygen atoms in total. The minimum Gasteiger partial charge on any atom is -0.206 e. The average Bonchev–Trinajstić information content (AvgIpc) is 2.93. The highest BCUT2D eigenvalue weighted by Gasteiger charge is 2.85. The van der Waals surface area contributed by atoms with Crippen molar-refractivity contribution in [3.05, 3.63) is 59.7 Å². The van der Waals surface area contributed by atoms with E-state index in [2.05, 4.69) is 0 Å². The Hall–Kier alpha value is -1.55. The van der Waals surface area contributed by atoms with Crippen molar-refractivity contribution >= 4 is 30.9 Å². The molecule has 2 aromatic rings. The first kappa shape index (κ1) is 27.7. The van der Waals surface area contributed by atoms with Crippen LogP contribution in [0.25, 0.3) is 0 Å². The Morgan fingerprint density at radius 3 is 1.44 bits per heavy atom. The van der Waals surface area contributed by atoms with Crippen molar-refractivity contribution in [2.75, 3.05) is 0 Å². The second-order valence-corrected chi connectivity index (χ2v) is 21.0. The average molecular weight is 639 g/mol. The zero-order valence-corrected chi connectivity index (χ0v) is 27.5. The zero-order valence-electron chi connectivity index (χ0n) is 25.1. The van der Waals surface area contributed by atoms with Crippen molar-refractivity contribution in [1.29, 1.82) is 0 Å². The van der Waals surface area contributed by atoms with Gasteiger partial charge in [0.2, 0.25) is 0 Å². The van der Waals surface area contributed by atoms with Crippen molar-refractivity contribution in [2.45, 2.75) is 98.1 Å². The maximum Gasteiger partial charge on any atom is 0.289 e. The first-order valence-corrected chi connectivity index (χ1v) is 20.5. The van der Waals surface area contributed by atoms with E-state index in [0.717, 1.165) is 62.5 Å². The number of hydrogen-bond acceptors (Lipinski definition) is 4. The summed E-state index contributed by atoms with van der Waals surface area (Å²) in [5, 5.41) is 0. The minimum absolute atomic E-state index is 0.170. The van der Waals surface area contributed by atoms with Crippen molar-refractivity contribution in [1.82, 2.24) is 3.71 Å². The normalized spacial score (nSPS) is 44.5. The molecular formula is C34H42N2O4S3. The lowest BCUT2D eigenvalue weighted by Crippen LogP contribution is -2.92. The van der Waals surface area contributed by atoms with Crippen LogP contribution in [0.3, 0.4) is 0 Å². The summed E-state index contributed by atoms with van der Waals surface area (Å²) in [6.45, 7) is 3.91. The van der Waals surface area contributed by atoms with E-state index in [0.29, 0.717) is 47.3 Å². The molecule has 0 N–H and O–H groups in total. The summed E-state index contributed by atoms with van der Waals surface area (Å²) in [6.07, 6.45) is 11.4. The number of benzene rings is 2. The highest BCUT2D eigenvalue weighted by molar-refractivity contribution is 8.08. The van der Waals surface area contributed by atoms with Gasteiger partial charge in [0.05, 0.1) is 20.1 Å². The Morgan fingerprint density at radius 2 is 1.00 bits per heavy atom. The molecule has 9 aliphatic rings. The summed E-state index contributed by atoms with van der Waals surface area (Å²) in [6, 6.07) is 14.1. The number of rotatable bonds is 4. The lowest BCUT2D eigenvalue weighted by molar-refractivity contribution is -0.181. The molecule has 9 fully saturated rings. The molecule has 2 aromatic carbocycles. The maximum absolute atomic E-state index is 15.1. The Morgan fingerprint density at radius 1 is 0.605 bits per heavy atom. The van der Waals surface area contributed by atoms with E-state index in [-0.39, 0.29) is 14.5 Å². The van der Waals surface area contributed by atoms with E-state index >= 15 is 8.42 Å². The van der Waals surface area contributed by atoms with Crippen LogP contribution in [-0.2, 0) is 30.9 Å². The van der Waals surface area contributed by atoms with Gasteiger partial charge in [0, 0.05) is 10.9 Å². The van der Waals surface area contributed by atoms with Gasteiger partial charge in [-0.05, 0) is 150 Å². The maximum atomic E-state index is 15.1. The molecule has 1 unspecified atom stereocenters. The number of sulfonamides is 2. The fraction of sp³-hybridized carbons (Fsp3) is 0.647. The van der Waals surface area contributed by atoms with Gasteiger partial charge in [0.15, 0.2) is 0 Å². The molecule has 2 spiro atoms. The molecule has 0 aromatic heterocycles. The third-order valence-electron chi connectivity index (χ3n) is 13.1. The van der Waals surface area contributed by atoms with Gasteiger partial charge in [-0.1, -0.05) is 35.4 Å². The molecule has 8 aliphatic carbocycles. The summed E-state index contributed by atoms with van der Waals surface area (Å²) in [7, 11) is -9.37. The molecule has 43 heavy (non-hydrogen) atoms. The largest absolute Gasteiger partial charge is 0.289 e. The molecule has 0 amide bonds. The molecular weight excluding hydrogens is 597 g/mol. The predicted molar refractivity (Wildman–Crippen MR) is 168 cm³/mol. The third kappa shape index (κ3) is 3.51. The van der Waals surface area contributed by atoms with Crippen molar-refractivity contribution in [3.8, 4) is 0 Å². The molecule has 8 saturated carbocycles. The van der Waals surface area contributed by atoms with Gasteiger partial charge in [-0.25, -0.2) is 8.42 Å². The van der Waals surface area contributed by atoms with Gasteiger partial charge < -0.3 is 0 Å². The summed E-state index contributed by atoms with van der Waals surface area (Å²) < 4.78 is 64.9. The van der Waals surface area contributed by atoms with Crippen LogP contribution in [0.4, 0.5) is 0 Å². The lowest BCUT2D eigenvalue weighted by atomic mass is 9.38. The van der Waals surface area contributed by atoms with Crippen LogP contribution >= 0.6 is 0 Å². The minimum atomic E-state index is -4.08. The topological polar surface area (TPSA) is 83.9 Å². The van der Waals surface area contributed by atoms with Crippen molar-refractivity contribution in [3.63, 3.8) is 0 Å². The van der Waals surface area contributed by atoms with E-state index in [1.54, 1.807) is 28.0 Å². The quantitative estimate of drug-likeness (QED) is 0.369. The van der Waals surface area contributed by atoms with Gasteiger partial charge in [-0.3, -0.25) is 0 Å². The van der Waals surface area contributed by atoms with Gasteiger partial charge in [0.1, 0.15) is 0 Å².